The summed E-state index contributed by atoms with van der Waals surface area (Å²) in [4.78, 5) is 9.65. The van der Waals surface area contributed by atoms with E-state index in [1.165, 1.54) is 5.56 Å². The first-order valence-electron chi connectivity index (χ1n) is 10.4. The minimum absolute atomic E-state index is 0.182. The van der Waals surface area contributed by atoms with Gasteiger partial charge in [0, 0.05) is 18.5 Å². The number of ether oxygens (including phenoxy) is 3. The molecule has 1 aromatic heterocycles. The lowest BCUT2D eigenvalue weighted by atomic mass is 9.95. The molecule has 7 nitrogen and oxygen atoms in total. The van der Waals surface area contributed by atoms with Crippen molar-refractivity contribution in [2.45, 2.75) is 39.2 Å². The summed E-state index contributed by atoms with van der Waals surface area (Å²) in [6.07, 6.45) is 4.78. The van der Waals surface area contributed by atoms with E-state index in [0.29, 0.717) is 5.75 Å². The molecule has 2 aromatic carbocycles. The fourth-order valence-corrected chi connectivity index (χ4v) is 3.89. The molecule has 1 N–H and O–H groups in total. The normalized spacial score (nSPS) is 13.1. The van der Waals surface area contributed by atoms with Crippen LogP contribution in [0.3, 0.4) is 0 Å². The molecular formula is C24H25NO6. The van der Waals surface area contributed by atoms with Gasteiger partial charge in [-0.15, -0.1) is 0 Å². The molecule has 0 fully saturated rings. The van der Waals surface area contributed by atoms with Crippen LogP contribution in [0.5, 0.6) is 23.0 Å². The number of nitrogens with zero attached hydrogens (tertiary/aromatic N) is 1. The van der Waals surface area contributed by atoms with E-state index in [-0.39, 0.29) is 19.0 Å². The third-order valence-electron chi connectivity index (χ3n) is 5.55. The maximum absolute atomic E-state index is 10.4. The molecule has 0 spiro atoms. The Labute approximate surface area is 180 Å². The largest absolute Gasteiger partial charge is 0.550 e. The summed E-state index contributed by atoms with van der Waals surface area (Å²) in [6.45, 7) is 3.08. The van der Waals surface area contributed by atoms with Crippen molar-refractivity contribution < 1.29 is 33.8 Å². The molecule has 3 heterocycles. The molecule has 0 bridgehead atoms. The molecule has 0 radical (unpaired) electrons. The van der Waals surface area contributed by atoms with Gasteiger partial charge in [0.1, 0.15) is 0 Å². The number of aryl methyl sites for hydroxylation is 2. The SMILES string of the molecule is CCCCC(=O)[O-].COc1ccc2cc3[n+](cc2c1O)CCc1cc2c(cc1-3)OCO2. The maximum atomic E-state index is 10.4. The number of unbranched alkanes of at least 4 members (excludes halogenated alkanes) is 1. The van der Waals surface area contributed by atoms with Gasteiger partial charge in [-0.3, -0.25) is 0 Å². The topological polar surface area (TPSA) is 91.9 Å². The Balaban J connectivity index is 0.000000289. The Hall–Kier alpha value is -3.48. The van der Waals surface area contributed by atoms with Crippen molar-refractivity contribution in [3.05, 3.63) is 42.1 Å². The van der Waals surface area contributed by atoms with E-state index in [1.807, 2.05) is 19.2 Å². The van der Waals surface area contributed by atoms with Crippen molar-refractivity contribution in [2.24, 2.45) is 0 Å². The van der Waals surface area contributed by atoms with Crippen molar-refractivity contribution >= 4 is 16.7 Å². The van der Waals surface area contributed by atoms with Gasteiger partial charge in [-0.1, -0.05) is 13.3 Å². The monoisotopic (exact) mass is 423 g/mol. The molecule has 3 aromatic rings. The summed E-state index contributed by atoms with van der Waals surface area (Å²) in [7, 11) is 1.56. The third kappa shape index (κ3) is 4.08. The third-order valence-corrected chi connectivity index (χ3v) is 5.55. The molecule has 0 saturated carbocycles. The van der Waals surface area contributed by atoms with Crippen LogP contribution >= 0.6 is 0 Å². The average Bonchev–Trinajstić information content (AvgIpc) is 3.23. The molecule has 0 unspecified atom stereocenters. The number of phenolic OH excluding ortho intramolecular Hbond substituents is 1. The van der Waals surface area contributed by atoms with Crippen molar-refractivity contribution in [3.63, 3.8) is 0 Å². The second kappa shape index (κ2) is 8.71. The highest BCUT2D eigenvalue weighted by atomic mass is 16.7. The quantitative estimate of drug-likeness (QED) is 0.649. The lowest BCUT2D eigenvalue weighted by molar-refractivity contribution is -0.686. The first-order valence-corrected chi connectivity index (χ1v) is 10.4. The van der Waals surface area contributed by atoms with E-state index < -0.39 is 5.97 Å². The highest BCUT2D eigenvalue weighted by Gasteiger charge is 2.28. The number of carbonyl (C=O) groups excluding carboxylic acids is 1. The van der Waals surface area contributed by atoms with Gasteiger partial charge in [0.25, 0.3) is 0 Å². The fraction of sp³-hybridized carbons (Fsp3) is 0.333. The second-order valence-electron chi connectivity index (χ2n) is 7.56. The summed E-state index contributed by atoms with van der Waals surface area (Å²) in [5, 5.41) is 21.8. The number of fused-ring (bicyclic) bond motifs is 5. The number of rotatable bonds is 4. The van der Waals surface area contributed by atoms with Gasteiger partial charge in [-0.2, -0.15) is 4.57 Å². The van der Waals surface area contributed by atoms with Crippen LogP contribution in [0.15, 0.2) is 36.5 Å². The molecule has 31 heavy (non-hydrogen) atoms. The zero-order chi connectivity index (χ0) is 22.0. The van der Waals surface area contributed by atoms with Crippen molar-refractivity contribution in [3.8, 4) is 34.3 Å². The molecule has 0 amide bonds. The zero-order valence-electron chi connectivity index (χ0n) is 17.6. The number of carbonyl (C=O) groups is 1. The van der Waals surface area contributed by atoms with Gasteiger partial charge < -0.3 is 29.2 Å². The number of pyridine rings is 1. The van der Waals surface area contributed by atoms with Crippen LogP contribution < -0.4 is 23.9 Å². The van der Waals surface area contributed by atoms with Crippen LogP contribution in [0.2, 0.25) is 0 Å². The van der Waals surface area contributed by atoms with E-state index in [4.69, 9.17) is 14.2 Å². The number of hydrogen-bond acceptors (Lipinski definition) is 6. The molecule has 7 heteroatoms. The summed E-state index contributed by atoms with van der Waals surface area (Å²) in [5.41, 5.74) is 3.53. The zero-order valence-corrected chi connectivity index (χ0v) is 17.6. The molecule has 2 aliphatic heterocycles. The summed E-state index contributed by atoms with van der Waals surface area (Å²) < 4.78 is 18.4. The number of aromatic hydroxyl groups is 1. The first kappa shape index (κ1) is 20.8. The molecule has 0 aliphatic carbocycles. The number of benzene rings is 2. The Bertz CT molecular complexity index is 1140. The summed E-state index contributed by atoms with van der Waals surface area (Å²) in [6, 6.07) is 10.00. The van der Waals surface area contributed by atoms with Crippen LogP contribution in [0, 0.1) is 0 Å². The van der Waals surface area contributed by atoms with Crippen LogP contribution in [0.1, 0.15) is 31.7 Å². The number of aromatic nitrogens is 1. The first-order chi connectivity index (χ1) is 15.0. The van der Waals surface area contributed by atoms with E-state index in [0.717, 1.165) is 59.3 Å². The highest BCUT2D eigenvalue weighted by molar-refractivity contribution is 5.91. The second-order valence-corrected chi connectivity index (χ2v) is 7.56. The molecule has 0 atom stereocenters. The molecule has 5 rings (SSSR count). The number of methoxy groups -OCH3 is 1. The Kier molecular flexibility index (Phi) is 5.84. The molecule has 2 aliphatic rings. The van der Waals surface area contributed by atoms with Crippen molar-refractivity contribution in [2.75, 3.05) is 13.9 Å². The number of aliphatic carboxylic acids is 1. The van der Waals surface area contributed by atoms with Gasteiger partial charge in [-0.05, 0) is 48.1 Å². The summed E-state index contributed by atoms with van der Waals surface area (Å²) in [5.74, 6) is 1.34. The van der Waals surface area contributed by atoms with Crippen LogP contribution in [-0.4, -0.2) is 25.0 Å². The fourth-order valence-electron chi connectivity index (χ4n) is 3.89. The number of carboxylic acids is 1. The predicted octanol–water partition coefficient (Wildman–Crippen LogP) is 2.72. The minimum atomic E-state index is -0.943. The number of phenols is 1. The smallest absolute Gasteiger partial charge is 0.231 e. The van der Waals surface area contributed by atoms with E-state index in [2.05, 4.69) is 22.8 Å². The molecule has 0 saturated heterocycles. The predicted molar refractivity (Wildman–Crippen MR) is 112 cm³/mol. The van der Waals surface area contributed by atoms with E-state index in [1.54, 1.807) is 13.2 Å². The Morgan fingerprint density at radius 3 is 2.68 bits per heavy atom. The average molecular weight is 423 g/mol. The summed E-state index contributed by atoms with van der Waals surface area (Å²) >= 11 is 0. The molecule has 162 valence electrons. The van der Waals surface area contributed by atoms with Crippen LogP contribution in [0.25, 0.3) is 22.0 Å². The van der Waals surface area contributed by atoms with Gasteiger partial charge >= 0.3 is 0 Å². The Morgan fingerprint density at radius 2 is 2.00 bits per heavy atom. The van der Waals surface area contributed by atoms with Gasteiger partial charge in [0.15, 0.2) is 35.7 Å². The lowest BCUT2D eigenvalue weighted by Crippen LogP contribution is -2.39. The number of carboxylic acid groups (broad SMARTS) is 1. The number of hydrogen-bond donors (Lipinski definition) is 1. The van der Waals surface area contributed by atoms with Crippen molar-refractivity contribution in [1.29, 1.82) is 0 Å². The lowest BCUT2D eigenvalue weighted by Gasteiger charge is -2.16. The van der Waals surface area contributed by atoms with Crippen LogP contribution in [0.4, 0.5) is 0 Å². The van der Waals surface area contributed by atoms with Gasteiger partial charge in [-0.25, -0.2) is 0 Å². The highest BCUT2D eigenvalue weighted by Crippen LogP contribution is 2.41. The molecular weight excluding hydrogens is 398 g/mol. The standard InChI is InChI=1S/C19H15NO4.C5H10O2/c1-22-16-3-2-11-6-15-13-8-18-17(23-10-24-18)7-12(13)4-5-20(15)9-14(11)19(16)21;1-2-3-4-5(6)7/h2-3,6-9H,4-5,10H2,1H3;2-4H2,1H3,(H,6,7). The minimum Gasteiger partial charge on any atom is -0.550 e. The van der Waals surface area contributed by atoms with Crippen molar-refractivity contribution in [1.82, 2.24) is 0 Å². The van der Waals surface area contributed by atoms with Gasteiger partial charge in [0.05, 0.1) is 18.1 Å². The van der Waals surface area contributed by atoms with Crippen LogP contribution in [-0.2, 0) is 17.8 Å². The van der Waals surface area contributed by atoms with E-state index >= 15 is 0 Å². The Morgan fingerprint density at radius 1 is 1.23 bits per heavy atom. The maximum Gasteiger partial charge on any atom is 0.231 e. The van der Waals surface area contributed by atoms with Gasteiger partial charge in [0.2, 0.25) is 12.5 Å². The van der Waals surface area contributed by atoms with E-state index in [9.17, 15) is 15.0 Å².